The number of nitrogens with two attached hydrogens (primary N) is 1. The summed E-state index contributed by atoms with van der Waals surface area (Å²) in [7, 11) is 0. The molecule has 3 N–H and O–H groups in total. The lowest BCUT2D eigenvalue weighted by molar-refractivity contribution is 0.0938. The number of hydrogen-bond donors (Lipinski definition) is 2. The zero-order valence-corrected chi connectivity index (χ0v) is 13.2. The van der Waals surface area contributed by atoms with Crippen LogP contribution >= 0.6 is 11.8 Å². The van der Waals surface area contributed by atoms with Crippen molar-refractivity contribution in [2.24, 2.45) is 0 Å². The summed E-state index contributed by atoms with van der Waals surface area (Å²) < 4.78 is 0. The van der Waals surface area contributed by atoms with Crippen LogP contribution in [0.5, 0.6) is 0 Å². The first kappa shape index (κ1) is 15.2. The van der Waals surface area contributed by atoms with Crippen molar-refractivity contribution < 1.29 is 4.79 Å². The minimum atomic E-state index is -0.120. The summed E-state index contributed by atoms with van der Waals surface area (Å²) in [5.41, 5.74) is 7.17. The Balaban J connectivity index is 2.14. The van der Waals surface area contributed by atoms with Gasteiger partial charge in [0.15, 0.2) is 0 Å². The number of nitrogens with zero attached hydrogens (tertiary/aromatic N) is 1. The molecule has 0 bridgehead atoms. The molecule has 1 atom stereocenters. The van der Waals surface area contributed by atoms with Crippen LogP contribution in [0.25, 0.3) is 0 Å². The predicted octanol–water partition coefficient (Wildman–Crippen LogP) is 2.59. The smallest absolute Gasteiger partial charge is 0.251 e. The minimum Gasteiger partial charge on any atom is -0.384 e. The van der Waals surface area contributed by atoms with Gasteiger partial charge in [0.25, 0.3) is 5.91 Å². The van der Waals surface area contributed by atoms with E-state index < -0.39 is 0 Å². The van der Waals surface area contributed by atoms with Crippen molar-refractivity contribution in [2.75, 3.05) is 17.2 Å². The Bertz CT molecular complexity index is 490. The Morgan fingerprint density at radius 2 is 2.20 bits per heavy atom. The van der Waals surface area contributed by atoms with Crippen LogP contribution in [0.3, 0.4) is 0 Å². The molecule has 5 heteroatoms. The maximum absolute atomic E-state index is 12.3. The maximum atomic E-state index is 12.3. The molecule has 1 fully saturated rings. The third-order valence-corrected chi connectivity index (χ3v) is 4.59. The van der Waals surface area contributed by atoms with Gasteiger partial charge in [-0.25, -0.2) is 4.98 Å². The zero-order valence-electron chi connectivity index (χ0n) is 12.4. The van der Waals surface area contributed by atoms with Gasteiger partial charge in [0.05, 0.1) is 0 Å². The number of anilines is 1. The molecule has 0 aliphatic carbocycles. The van der Waals surface area contributed by atoms with Gasteiger partial charge in [0, 0.05) is 28.5 Å². The van der Waals surface area contributed by atoms with E-state index in [2.05, 4.69) is 31.1 Å². The Labute approximate surface area is 124 Å². The highest BCUT2D eigenvalue weighted by molar-refractivity contribution is 7.99. The second-order valence-electron chi connectivity index (χ2n) is 6.30. The molecule has 1 saturated heterocycles. The number of amides is 1. The van der Waals surface area contributed by atoms with E-state index in [0.717, 1.165) is 17.9 Å². The summed E-state index contributed by atoms with van der Waals surface area (Å²) in [4.78, 5) is 16.7. The van der Waals surface area contributed by atoms with E-state index in [0.29, 0.717) is 11.4 Å². The number of carbonyl (C=O) groups is 1. The summed E-state index contributed by atoms with van der Waals surface area (Å²) in [6.45, 7) is 6.19. The first-order valence-corrected chi connectivity index (χ1v) is 8.18. The predicted molar refractivity (Wildman–Crippen MR) is 85.2 cm³/mol. The van der Waals surface area contributed by atoms with Crippen LogP contribution in [-0.2, 0) is 5.41 Å². The van der Waals surface area contributed by atoms with E-state index in [1.807, 2.05) is 17.8 Å². The molecule has 20 heavy (non-hydrogen) atoms. The molecular formula is C15H23N3OS. The lowest BCUT2D eigenvalue weighted by Gasteiger charge is -2.23. The average molecular weight is 293 g/mol. The van der Waals surface area contributed by atoms with Gasteiger partial charge in [0.2, 0.25) is 0 Å². The second-order valence-corrected chi connectivity index (χ2v) is 7.45. The van der Waals surface area contributed by atoms with E-state index in [1.165, 1.54) is 12.2 Å². The molecule has 4 nitrogen and oxygen atoms in total. The van der Waals surface area contributed by atoms with E-state index in [-0.39, 0.29) is 17.4 Å². The number of thioether (sulfide) groups is 1. The van der Waals surface area contributed by atoms with Crippen LogP contribution in [0.15, 0.2) is 12.1 Å². The van der Waals surface area contributed by atoms with Gasteiger partial charge in [-0.3, -0.25) is 4.79 Å². The van der Waals surface area contributed by atoms with Crippen molar-refractivity contribution >= 4 is 23.5 Å². The van der Waals surface area contributed by atoms with Crippen molar-refractivity contribution in [3.05, 3.63) is 23.4 Å². The van der Waals surface area contributed by atoms with Crippen LogP contribution < -0.4 is 11.1 Å². The number of rotatable bonds is 2. The number of nitrogens with one attached hydrogen (secondary N) is 1. The molecule has 0 aromatic carbocycles. The number of hydrogen-bond acceptors (Lipinski definition) is 4. The first-order chi connectivity index (χ1) is 9.36. The molecule has 2 heterocycles. The Kier molecular flexibility index (Phi) is 4.58. The maximum Gasteiger partial charge on any atom is 0.251 e. The van der Waals surface area contributed by atoms with Crippen LogP contribution in [0.1, 0.15) is 49.7 Å². The normalized spacial score (nSPS) is 19.6. The van der Waals surface area contributed by atoms with E-state index in [4.69, 9.17) is 5.73 Å². The molecule has 1 unspecified atom stereocenters. The summed E-state index contributed by atoms with van der Waals surface area (Å²) in [6.07, 6.45) is 2.23. The number of pyridine rings is 1. The van der Waals surface area contributed by atoms with E-state index in [1.54, 1.807) is 6.07 Å². The van der Waals surface area contributed by atoms with Gasteiger partial charge < -0.3 is 11.1 Å². The van der Waals surface area contributed by atoms with Crippen molar-refractivity contribution in [3.8, 4) is 0 Å². The number of aromatic nitrogens is 1. The van der Waals surface area contributed by atoms with Gasteiger partial charge in [-0.2, -0.15) is 11.8 Å². The fourth-order valence-corrected chi connectivity index (χ4v) is 3.26. The highest BCUT2D eigenvalue weighted by Gasteiger charge is 2.21. The molecular weight excluding hydrogens is 270 g/mol. The fraction of sp³-hybridized carbons (Fsp3) is 0.600. The Morgan fingerprint density at radius 3 is 2.80 bits per heavy atom. The monoisotopic (exact) mass is 293 g/mol. The minimum absolute atomic E-state index is 0.0444. The van der Waals surface area contributed by atoms with Crippen LogP contribution in [0.2, 0.25) is 0 Å². The molecule has 0 radical (unpaired) electrons. The molecule has 1 aromatic heterocycles. The first-order valence-electron chi connectivity index (χ1n) is 7.03. The topological polar surface area (TPSA) is 68.0 Å². The van der Waals surface area contributed by atoms with Crippen LogP contribution in [0.4, 0.5) is 5.82 Å². The zero-order chi connectivity index (χ0) is 14.8. The largest absolute Gasteiger partial charge is 0.384 e. The highest BCUT2D eigenvalue weighted by atomic mass is 32.2. The second kappa shape index (κ2) is 6.04. The van der Waals surface area contributed by atoms with Gasteiger partial charge in [-0.1, -0.05) is 20.8 Å². The summed E-state index contributed by atoms with van der Waals surface area (Å²) in [5, 5.41) is 3.10. The van der Waals surface area contributed by atoms with E-state index >= 15 is 0 Å². The van der Waals surface area contributed by atoms with Crippen molar-refractivity contribution in [1.29, 1.82) is 0 Å². The highest BCUT2D eigenvalue weighted by Crippen LogP contribution is 2.23. The van der Waals surface area contributed by atoms with Crippen LogP contribution in [0, 0.1) is 0 Å². The standard InChI is InChI=1S/C15H23N3OS/c1-15(2,3)12-7-10(8-13(16)18-12)14(19)17-11-5-4-6-20-9-11/h7-8,11H,4-6,9H2,1-3H3,(H2,16,18)(H,17,19). The third kappa shape index (κ3) is 3.88. The summed E-state index contributed by atoms with van der Waals surface area (Å²) in [5.74, 6) is 2.55. The van der Waals surface area contributed by atoms with Crippen molar-refractivity contribution in [1.82, 2.24) is 10.3 Å². The molecule has 1 aliphatic heterocycles. The molecule has 1 aliphatic rings. The summed E-state index contributed by atoms with van der Waals surface area (Å²) in [6, 6.07) is 3.77. The van der Waals surface area contributed by atoms with Gasteiger partial charge in [-0.05, 0) is 30.7 Å². The molecule has 0 spiro atoms. The SMILES string of the molecule is CC(C)(C)c1cc(C(=O)NC2CCCSC2)cc(N)n1. The Morgan fingerprint density at radius 1 is 1.45 bits per heavy atom. The molecule has 1 amide bonds. The number of nitrogen functional groups attached to an aromatic ring is 1. The van der Waals surface area contributed by atoms with Gasteiger partial charge >= 0.3 is 0 Å². The molecule has 1 aromatic rings. The summed E-state index contributed by atoms with van der Waals surface area (Å²) >= 11 is 1.90. The average Bonchev–Trinajstić information content (AvgIpc) is 2.38. The quantitative estimate of drug-likeness (QED) is 0.879. The van der Waals surface area contributed by atoms with E-state index in [9.17, 15) is 4.79 Å². The third-order valence-electron chi connectivity index (χ3n) is 3.37. The Hall–Kier alpha value is -1.23. The lowest BCUT2D eigenvalue weighted by atomic mass is 9.90. The van der Waals surface area contributed by atoms with Gasteiger partial charge in [-0.15, -0.1) is 0 Å². The lowest BCUT2D eigenvalue weighted by Crippen LogP contribution is -2.38. The fourth-order valence-electron chi connectivity index (χ4n) is 2.19. The van der Waals surface area contributed by atoms with Crippen LogP contribution in [-0.4, -0.2) is 28.4 Å². The van der Waals surface area contributed by atoms with Gasteiger partial charge in [0.1, 0.15) is 5.82 Å². The van der Waals surface area contributed by atoms with Crippen molar-refractivity contribution in [2.45, 2.75) is 45.1 Å². The number of carbonyl (C=O) groups excluding carboxylic acids is 1. The molecule has 110 valence electrons. The van der Waals surface area contributed by atoms with Crippen molar-refractivity contribution in [3.63, 3.8) is 0 Å². The molecule has 2 rings (SSSR count). The molecule has 0 saturated carbocycles.